The maximum atomic E-state index is 12.1. The molecule has 0 aliphatic heterocycles. The largest absolute Gasteiger partial charge is 0.497 e. The van der Waals surface area contributed by atoms with Crippen molar-refractivity contribution in [2.24, 2.45) is 0 Å². The van der Waals surface area contributed by atoms with E-state index in [1.807, 2.05) is 36.4 Å². The molecule has 0 radical (unpaired) electrons. The van der Waals surface area contributed by atoms with Gasteiger partial charge < -0.3 is 14.8 Å². The second-order valence-electron chi connectivity index (χ2n) is 5.49. The number of hydrogen-bond donors (Lipinski definition) is 2. The first-order chi connectivity index (χ1) is 12.0. The Hall–Kier alpha value is -1.93. The van der Waals surface area contributed by atoms with Crippen molar-refractivity contribution in [3.8, 4) is 5.75 Å². The van der Waals surface area contributed by atoms with Crippen molar-refractivity contribution in [2.75, 3.05) is 27.4 Å². The molecule has 6 nitrogen and oxygen atoms in total. The molecule has 0 unspecified atom stereocenters. The molecule has 2 N–H and O–H groups in total. The minimum Gasteiger partial charge on any atom is -0.497 e. The molecular weight excluding hydrogens is 340 g/mol. The summed E-state index contributed by atoms with van der Waals surface area (Å²) in [5, 5.41) is 3.33. The summed E-state index contributed by atoms with van der Waals surface area (Å²) in [7, 11) is -0.309. The zero-order valence-electron chi connectivity index (χ0n) is 14.5. The lowest BCUT2D eigenvalue weighted by Gasteiger charge is -2.09. The number of ether oxygens (including phenoxy) is 2. The summed E-state index contributed by atoms with van der Waals surface area (Å²) in [6.45, 7) is 1.97. The molecule has 0 fully saturated rings. The highest BCUT2D eigenvalue weighted by molar-refractivity contribution is 7.89. The van der Waals surface area contributed by atoms with Gasteiger partial charge in [-0.2, -0.15) is 0 Å². The molecule has 2 rings (SSSR count). The van der Waals surface area contributed by atoms with E-state index >= 15 is 0 Å². The average molecular weight is 364 g/mol. The zero-order valence-corrected chi connectivity index (χ0v) is 15.3. The van der Waals surface area contributed by atoms with E-state index in [2.05, 4.69) is 10.0 Å². The van der Waals surface area contributed by atoms with Gasteiger partial charge in [0.2, 0.25) is 10.0 Å². The summed E-state index contributed by atoms with van der Waals surface area (Å²) >= 11 is 0. The van der Waals surface area contributed by atoms with Gasteiger partial charge >= 0.3 is 0 Å². The second kappa shape index (κ2) is 9.53. The Morgan fingerprint density at radius 1 is 0.880 bits per heavy atom. The Kier molecular flexibility index (Phi) is 7.39. The number of rotatable bonds is 10. The Morgan fingerprint density at radius 3 is 1.96 bits per heavy atom. The van der Waals surface area contributed by atoms with Crippen LogP contribution in [0, 0.1) is 0 Å². The van der Waals surface area contributed by atoms with Crippen molar-refractivity contribution < 1.29 is 17.9 Å². The molecule has 0 spiro atoms. The highest BCUT2D eigenvalue weighted by atomic mass is 32.2. The number of methoxy groups -OCH3 is 2. The highest BCUT2D eigenvalue weighted by Crippen LogP contribution is 2.12. The Labute approximate surface area is 149 Å². The molecule has 7 heteroatoms. The van der Waals surface area contributed by atoms with Crippen LogP contribution in [0.3, 0.4) is 0 Å². The summed E-state index contributed by atoms with van der Waals surface area (Å²) in [4.78, 5) is 0.252. The van der Waals surface area contributed by atoms with E-state index in [1.165, 1.54) is 7.11 Å². The number of hydrogen-bond acceptors (Lipinski definition) is 5. The van der Waals surface area contributed by atoms with Crippen molar-refractivity contribution in [3.05, 3.63) is 59.7 Å². The van der Waals surface area contributed by atoms with Crippen LogP contribution in [-0.2, 0) is 27.8 Å². The fraction of sp³-hybridized carbons (Fsp3) is 0.333. The highest BCUT2D eigenvalue weighted by Gasteiger charge is 2.12. The Morgan fingerprint density at radius 2 is 1.44 bits per heavy atom. The van der Waals surface area contributed by atoms with Crippen LogP contribution >= 0.6 is 0 Å². The van der Waals surface area contributed by atoms with Gasteiger partial charge in [-0.1, -0.05) is 24.3 Å². The predicted octanol–water partition coefficient (Wildman–Crippen LogP) is 1.91. The average Bonchev–Trinajstić information content (AvgIpc) is 2.63. The van der Waals surface area contributed by atoms with Gasteiger partial charge in [-0.25, -0.2) is 13.1 Å². The minimum absolute atomic E-state index is 0.252. The van der Waals surface area contributed by atoms with Crippen molar-refractivity contribution in [2.45, 2.75) is 18.0 Å². The standard InChI is InChI=1S/C18H24N2O4S/c1-23-12-11-20-25(21,22)18-9-5-16(6-10-18)14-19-13-15-3-7-17(24-2)8-4-15/h3-10,19-20H,11-14H2,1-2H3. The Bertz CT molecular complexity index is 744. The summed E-state index contributed by atoms with van der Waals surface area (Å²) in [5.41, 5.74) is 2.17. The summed E-state index contributed by atoms with van der Waals surface area (Å²) in [6, 6.07) is 14.7. The Balaban J connectivity index is 1.85. The van der Waals surface area contributed by atoms with E-state index in [1.54, 1.807) is 19.2 Å². The van der Waals surface area contributed by atoms with E-state index in [0.717, 1.165) is 23.4 Å². The van der Waals surface area contributed by atoms with Gasteiger partial charge in [0, 0.05) is 26.7 Å². The first-order valence-electron chi connectivity index (χ1n) is 7.96. The molecule has 2 aromatic carbocycles. The van der Waals surface area contributed by atoms with Gasteiger partial charge in [-0.3, -0.25) is 0 Å². The molecule has 0 saturated heterocycles. The van der Waals surface area contributed by atoms with E-state index in [4.69, 9.17) is 9.47 Å². The monoisotopic (exact) mass is 364 g/mol. The first kappa shape index (κ1) is 19.4. The fourth-order valence-corrected chi connectivity index (χ4v) is 3.26. The lowest BCUT2D eigenvalue weighted by molar-refractivity contribution is 0.204. The van der Waals surface area contributed by atoms with Crippen LogP contribution in [0.25, 0.3) is 0 Å². The van der Waals surface area contributed by atoms with Crippen LogP contribution in [-0.4, -0.2) is 35.8 Å². The number of benzene rings is 2. The zero-order chi connectivity index (χ0) is 18.1. The number of sulfonamides is 1. The van der Waals surface area contributed by atoms with Crippen LogP contribution in [0.5, 0.6) is 5.75 Å². The molecule has 136 valence electrons. The molecule has 0 amide bonds. The van der Waals surface area contributed by atoms with Gasteiger partial charge in [0.15, 0.2) is 0 Å². The topological polar surface area (TPSA) is 76.7 Å². The van der Waals surface area contributed by atoms with Crippen LogP contribution < -0.4 is 14.8 Å². The van der Waals surface area contributed by atoms with Crippen LogP contribution in [0.15, 0.2) is 53.4 Å². The lowest BCUT2D eigenvalue weighted by atomic mass is 10.2. The molecule has 25 heavy (non-hydrogen) atoms. The third-order valence-corrected chi connectivity index (χ3v) is 5.13. The smallest absolute Gasteiger partial charge is 0.240 e. The SMILES string of the molecule is COCCNS(=O)(=O)c1ccc(CNCc2ccc(OC)cc2)cc1. The lowest BCUT2D eigenvalue weighted by Crippen LogP contribution is -2.27. The molecule has 2 aromatic rings. The normalized spacial score (nSPS) is 11.4. The molecule has 0 atom stereocenters. The van der Waals surface area contributed by atoms with Crippen LogP contribution in [0.4, 0.5) is 0 Å². The third kappa shape index (κ3) is 6.13. The quantitative estimate of drug-likeness (QED) is 0.630. The van der Waals surface area contributed by atoms with Gasteiger partial charge in [-0.15, -0.1) is 0 Å². The molecule has 0 aliphatic rings. The maximum Gasteiger partial charge on any atom is 0.240 e. The summed E-state index contributed by atoms with van der Waals surface area (Å²) in [6.07, 6.45) is 0. The van der Waals surface area contributed by atoms with Gasteiger partial charge in [0.05, 0.1) is 18.6 Å². The van der Waals surface area contributed by atoms with Crippen LogP contribution in [0.2, 0.25) is 0 Å². The van der Waals surface area contributed by atoms with Crippen molar-refractivity contribution in [1.29, 1.82) is 0 Å². The molecular formula is C18H24N2O4S. The molecule has 0 aromatic heterocycles. The number of nitrogens with one attached hydrogen (secondary N) is 2. The minimum atomic E-state index is -3.48. The van der Waals surface area contributed by atoms with E-state index in [9.17, 15) is 8.42 Å². The fourth-order valence-electron chi connectivity index (χ4n) is 2.24. The summed E-state index contributed by atoms with van der Waals surface area (Å²) < 4.78 is 36.6. The van der Waals surface area contributed by atoms with Crippen LogP contribution in [0.1, 0.15) is 11.1 Å². The molecule has 0 aliphatic carbocycles. The molecule has 0 heterocycles. The predicted molar refractivity (Wildman–Crippen MR) is 97.0 cm³/mol. The first-order valence-corrected chi connectivity index (χ1v) is 9.44. The third-order valence-electron chi connectivity index (χ3n) is 3.65. The maximum absolute atomic E-state index is 12.1. The van der Waals surface area contributed by atoms with Crippen molar-refractivity contribution in [1.82, 2.24) is 10.0 Å². The van der Waals surface area contributed by atoms with Gasteiger partial charge in [-0.05, 0) is 35.4 Å². The van der Waals surface area contributed by atoms with Crippen molar-refractivity contribution in [3.63, 3.8) is 0 Å². The molecule has 0 bridgehead atoms. The van der Waals surface area contributed by atoms with E-state index < -0.39 is 10.0 Å². The van der Waals surface area contributed by atoms with Crippen molar-refractivity contribution >= 4 is 10.0 Å². The van der Waals surface area contributed by atoms with Gasteiger partial charge in [0.1, 0.15) is 5.75 Å². The molecule has 0 saturated carbocycles. The van der Waals surface area contributed by atoms with E-state index in [0.29, 0.717) is 13.2 Å². The second-order valence-corrected chi connectivity index (χ2v) is 7.25. The van der Waals surface area contributed by atoms with Gasteiger partial charge in [0.25, 0.3) is 0 Å². The summed E-state index contributed by atoms with van der Waals surface area (Å²) in [5.74, 6) is 0.833. The van der Waals surface area contributed by atoms with E-state index in [-0.39, 0.29) is 11.4 Å².